The van der Waals surface area contributed by atoms with Gasteiger partial charge in [0.25, 0.3) is 0 Å². The van der Waals surface area contributed by atoms with Crippen molar-refractivity contribution in [3.8, 4) is 0 Å². The molecule has 0 amide bonds. The highest BCUT2D eigenvalue weighted by molar-refractivity contribution is 5.64. The Morgan fingerprint density at radius 3 is 2.55 bits per heavy atom. The van der Waals surface area contributed by atoms with Crippen LogP contribution >= 0.6 is 0 Å². The minimum Gasteiger partial charge on any atom is -0.363 e. The van der Waals surface area contributed by atoms with Crippen LogP contribution in [0.5, 0.6) is 0 Å². The number of nitro groups is 1. The van der Waals surface area contributed by atoms with Gasteiger partial charge in [-0.3, -0.25) is 15.0 Å². The Labute approximate surface area is 117 Å². The number of anilines is 1. The van der Waals surface area contributed by atoms with Gasteiger partial charge in [-0.05, 0) is 30.9 Å². The molecule has 0 N–H and O–H groups in total. The van der Waals surface area contributed by atoms with Crippen LogP contribution in [0.1, 0.15) is 12.8 Å². The van der Waals surface area contributed by atoms with Crippen molar-refractivity contribution in [2.24, 2.45) is 5.92 Å². The van der Waals surface area contributed by atoms with E-state index in [4.69, 9.17) is 0 Å². The fourth-order valence-electron chi connectivity index (χ4n) is 2.78. The topological polar surface area (TPSA) is 49.6 Å². The van der Waals surface area contributed by atoms with E-state index in [0.717, 1.165) is 44.7 Å². The largest absolute Gasteiger partial charge is 0.363 e. The standard InChI is InChI=1S/C14H18FN3O2/c15-12-2-1-3-13(14(12)18(19)20)17-8-6-16(7-9-17)10-11-4-5-11/h1-3,11H,4-10H2. The van der Waals surface area contributed by atoms with Gasteiger partial charge in [0.1, 0.15) is 5.69 Å². The van der Waals surface area contributed by atoms with Crippen LogP contribution in [0.2, 0.25) is 0 Å². The Balaban J connectivity index is 1.71. The molecule has 1 aliphatic heterocycles. The minimum atomic E-state index is -0.757. The van der Waals surface area contributed by atoms with Crippen LogP contribution in [-0.4, -0.2) is 42.5 Å². The van der Waals surface area contributed by atoms with Crippen LogP contribution in [-0.2, 0) is 0 Å². The predicted molar refractivity (Wildman–Crippen MR) is 74.4 cm³/mol. The molecule has 0 bridgehead atoms. The van der Waals surface area contributed by atoms with Gasteiger partial charge < -0.3 is 4.90 Å². The maximum absolute atomic E-state index is 13.6. The summed E-state index contributed by atoms with van der Waals surface area (Å²) < 4.78 is 13.6. The zero-order valence-corrected chi connectivity index (χ0v) is 11.3. The Bertz CT molecular complexity index is 511. The maximum atomic E-state index is 13.6. The predicted octanol–water partition coefficient (Wildman–Crippen LogP) is 2.27. The molecule has 0 unspecified atom stereocenters. The smallest absolute Gasteiger partial charge is 0.327 e. The first-order chi connectivity index (χ1) is 9.65. The van der Waals surface area contributed by atoms with Crippen LogP contribution in [0.3, 0.4) is 0 Å². The van der Waals surface area contributed by atoms with Gasteiger partial charge in [0.2, 0.25) is 5.82 Å². The molecule has 1 aromatic carbocycles. The van der Waals surface area contributed by atoms with E-state index in [1.807, 2.05) is 4.90 Å². The maximum Gasteiger partial charge on any atom is 0.327 e. The number of halogens is 1. The fourth-order valence-corrected chi connectivity index (χ4v) is 2.78. The van der Waals surface area contributed by atoms with Crippen molar-refractivity contribution >= 4 is 11.4 Å². The highest BCUT2D eigenvalue weighted by atomic mass is 19.1. The van der Waals surface area contributed by atoms with Crippen LogP contribution in [0.25, 0.3) is 0 Å². The van der Waals surface area contributed by atoms with Crippen molar-refractivity contribution in [3.05, 3.63) is 34.1 Å². The summed E-state index contributed by atoms with van der Waals surface area (Å²) in [5, 5.41) is 11.0. The Kier molecular flexibility index (Phi) is 3.56. The molecule has 1 saturated heterocycles. The third kappa shape index (κ3) is 2.75. The molecular weight excluding hydrogens is 261 g/mol. The fraction of sp³-hybridized carbons (Fsp3) is 0.571. The van der Waals surface area contributed by atoms with Crippen molar-refractivity contribution in [1.82, 2.24) is 4.90 Å². The number of benzene rings is 1. The normalized spacial score (nSPS) is 20.1. The molecule has 2 aliphatic rings. The zero-order valence-electron chi connectivity index (χ0n) is 11.3. The number of nitro benzene ring substituents is 1. The van der Waals surface area contributed by atoms with Crippen molar-refractivity contribution < 1.29 is 9.31 Å². The van der Waals surface area contributed by atoms with E-state index in [-0.39, 0.29) is 0 Å². The molecule has 5 nitrogen and oxygen atoms in total. The van der Waals surface area contributed by atoms with E-state index in [9.17, 15) is 14.5 Å². The number of hydrogen-bond acceptors (Lipinski definition) is 4. The molecule has 1 saturated carbocycles. The number of para-hydroxylation sites is 1. The van der Waals surface area contributed by atoms with Crippen molar-refractivity contribution in [2.45, 2.75) is 12.8 Å². The Morgan fingerprint density at radius 2 is 1.95 bits per heavy atom. The van der Waals surface area contributed by atoms with Crippen molar-refractivity contribution in [1.29, 1.82) is 0 Å². The van der Waals surface area contributed by atoms with Crippen LogP contribution in [0.15, 0.2) is 18.2 Å². The van der Waals surface area contributed by atoms with E-state index < -0.39 is 16.4 Å². The van der Waals surface area contributed by atoms with Crippen molar-refractivity contribution in [2.75, 3.05) is 37.6 Å². The first-order valence-corrected chi connectivity index (χ1v) is 7.05. The monoisotopic (exact) mass is 279 g/mol. The number of piperazine rings is 1. The summed E-state index contributed by atoms with van der Waals surface area (Å²) in [6.45, 7) is 4.36. The second-order valence-electron chi connectivity index (χ2n) is 5.60. The molecule has 20 heavy (non-hydrogen) atoms. The molecule has 1 aromatic rings. The minimum absolute atomic E-state index is 0.400. The number of hydrogen-bond donors (Lipinski definition) is 0. The van der Waals surface area contributed by atoms with Gasteiger partial charge in [-0.25, -0.2) is 0 Å². The number of nitrogens with zero attached hydrogens (tertiary/aromatic N) is 3. The van der Waals surface area contributed by atoms with Gasteiger partial charge >= 0.3 is 5.69 Å². The highest BCUT2D eigenvalue weighted by Gasteiger charge is 2.29. The summed E-state index contributed by atoms with van der Waals surface area (Å²) in [5.74, 6) is 0.0953. The molecule has 0 atom stereocenters. The quantitative estimate of drug-likeness (QED) is 0.626. The van der Waals surface area contributed by atoms with Gasteiger partial charge in [0.05, 0.1) is 4.92 Å². The summed E-state index contributed by atoms with van der Waals surface area (Å²) >= 11 is 0. The molecule has 6 heteroatoms. The molecule has 1 aliphatic carbocycles. The second-order valence-corrected chi connectivity index (χ2v) is 5.60. The third-order valence-corrected chi connectivity index (χ3v) is 4.07. The van der Waals surface area contributed by atoms with Gasteiger partial charge in [-0.15, -0.1) is 0 Å². The average molecular weight is 279 g/mol. The van der Waals surface area contributed by atoms with E-state index in [2.05, 4.69) is 4.90 Å². The van der Waals surface area contributed by atoms with E-state index in [0.29, 0.717) is 5.69 Å². The van der Waals surface area contributed by atoms with Crippen molar-refractivity contribution in [3.63, 3.8) is 0 Å². The van der Waals surface area contributed by atoms with Gasteiger partial charge in [-0.2, -0.15) is 4.39 Å². The van der Waals surface area contributed by atoms with E-state index in [1.165, 1.54) is 18.9 Å². The second kappa shape index (κ2) is 5.36. The average Bonchev–Trinajstić information content (AvgIpc) is 3.23. The lowest BCUT2D eigenvalue weighted by Crippen LogP contribution is -2.47. The summed E-state index contributed by atoms with van der Waals surface area (Å²) in [6.07, 6.45) is 2.66. The Morgan fingerprint density at radius 1 is 1.25 bits per heavy atom. The number of rotatable bonds is 4. The lowest BCUT2D eigenvalue weighted by molar-refractivity contribution is -0.386. The molecule has 108 valence electrons. The van der Waals surface area contributed by atoms with Crippen LogP contribution < -0.4 is 4.90 Å². The summed E-state index contributed by atoms with van der Waals surface area (Å²) in [5.41, 5.74) is 0.00390. The lowest BCUT2D eigenvalue weighted by atomic mass is 10.2. The molecule has 3 rings (SSSR count). The molecule has 0 spiro atoms. The van der Waals surface area contributed by atoms with Crippen LogP contribution in [0, 0.1) is 21.8 Å². The SMILES string of the molecule is O=[N+]([O-])c1c(F)cccc1N1CCN(CC2CC2)CC1. The Hall–Kier alpha value is -1.69. The lowest BCUT2D eigenvalue weighted by Gasteiger charge is -2.35. The third-order valence-electron chi connectivity index (χ3n) is 4.07. The van der Waals surface area contributed by atoms with Gasteiger partial charge in [0.15, 0.2) is 0 Å². The molecular formula is C14H18FN3O2. The molecule has 1 heterocycles. The molecule has 0 aromatic heterocycles. The first-order valence-electron chi connectivity index (χ1n) is 7.05. The zero-order chi connectivity index (χ0) is 14.1. The molecule has 0 radical (unpaired) electrons. The van der Waals surface area contributed by atoms with E-state index >= 15 is 0 Å². The van der Waals surface area contributed by atoms with Crippen LogP contribution in [0.4, 0.5) is 15.8 Å². The van der Waals surface area contributed by atoms with Gasteiger partial charge in [-0.1, -0.05) is 6.07 Å². The molecule has 2 fully saturated rings. The van der Waals surface area contributed by atoms with E-state index in [1.54, 1.807) is 6.07 Å². The highest BCUT2D eigenvalue weighted by Crippen LogP contribution is 2.33. The summed E-state index contributed by atoms with van der Waals surface area (Å²) in [7, 11) is 0. The first kappa shape index (κ1) is 13.3. The summed E-state index contributed by atoms with van der Waals surface area (Å²) in [4.78, 5) is 14.7. The summed E-state index contributed by atoms with van der Waals surface area (Å²) in [6, 6.07) is 4.32. The van der Waals surface area contributed by atoms with Gasteiger partial charge in [0, 0.05) is 32.7 Å².